The van der Waals surface area contributed by atoms with Gasteiger partial charge in [-0.05, 0) is 31.2 Å². The Labute approximate surface area is 119 Å². The maximum absolute atomic E-state index is 5.45. The normalized spacial score (nSPS) is 12.6. The van der Waals surface area contributed by atoms with E-state index >= 15 is 0 Å². The van der Waals surface area contributed by atoms with Crippen molar-refractivity contribution < 1.29 is 4.42 Å². The number of nitrogens with zero attached hydrogens (tertiary/aromatic N) is 3. The van der Waals surface area contributed by atoms with Crippen molar-refractivity contribution >= 4 is 17.6 Å². The van der Waals surface area contributed by atoms with Gasteiger partial charge in [0.05, 0.1) is 18.2 Å². The van der Waals surface area contributed by atoms with E-state index in [1.807, 2.05) is 42.8 Å². The van der Waals surface area contributed by atoms with Gasteiger partial charge in [0.25, 0.3) is 0 Å². The lowest BCUT2D eigenvalue weighted by molar-refractivity contribution is 0.575. The SMILES string of the molecule is CCN=c1scc(-c2ccco2)n1N=Cc1ccc[nH]1. The third-order valence-corrected chi connectivity index (χ3v) is 3.54. The highest BCUT2D eigenvalue weighted by Gasteiger charge is 2.09. The molecule has 0 spiro atoms. The quantitative estimate of drug-likeness (QED) is 0.736. The first-order valence-electron chi connectivity index (χ1n) is 6.31. The lowest BCUT2D eigenvalue weighted by Gasteiger charge is -1.99. The van der Waals surface area contributed by atoms with E-state index in [0.29, 0.717) is 0 Å². The fourth-order valence-corrected chi connectivity index (χ4v) is 2.68. The van der Waals surface area contributed by atoms with E-state index in [1.54, 1.807) is 28.5 Å². The topological polar surface area (TPSA) is 58.6 Å². The summed E-state index contributed by atoms with van der Waals surface area (Å²) in [7, 11) is 0. The Morgan fingerprint density at radius 2 is 2.35 bits per heavy atom. The molecule has 3 rings (SSSR count). The third kappa shape index (κ3) is 2.50. The fraction of sp³-hybridized carbons (Fsp3) is 0.143. The summed E-state index contributed by atoms with van der Waals surface area (Å²) in [5, 5.41) is 6.50. The smallest absolute Gasteiger partial charge is 0.206 e. The molecule has 0 amide bonds. The number of aromatic amines is 1. The van der Waals surface area contributed by atoms with Crippen molar-refractivity contribution in [3.05, 3.63) is 52.6 Å². The Bertz CT molecular complexity index is 748. The number of nitrogens with one attached hydrogen (secondary N) is 1. The Morgan fingerprint density at radius 3 is 3.05 bits per heavy atom. The number of thiazole rings is 1. The third-order valence-electron chi connectivity index (χ3n) is 2.69. The average Bonchev–Trinajstić information content (AvgIpc) is 3.19. The van der Waals surface area contributed by atoms with Crippen LogP contribution in [0.2, 0.25) is 0 Å². The zero-order valence-electron chi connectivity index (χ0n) is 11.0. The lowest BCUT2D eigenvalue weighted by atomic mass is 10.4. The number of rotatable bonds is 4. The minimum absolute atomic E-state index is 0.718. The molecule has 5 nitrogen and oxygen atoms in total. The summed E-state index contributed by atoms with van der Waals surface area (Å²) >= 11 is 1.55. The molecule has 0 aliphatic heterocycles. The van der Waals surface area contributed by atoms with Crippen molar-refractivity contribution in [1.29, 1.82) is 0 Å². The molecule has 0 saturated carbocycles. The van der Waals surface area contributed by atoms with E-state index in [-0.39, 0.29) is 0 Å². The fourth-order valence-electron chi connectivity index (χ4n) is 1.79. The van der Waals surface area contributed by atoms with Gasteiger partial charge in [-0.3, -0.25) is 4.99 Å². The molecule has 3 aromatic rings. The first kappa shape index (κ1) is 12.7. The minimum atomic E-state index is 0.718. The summed E-state index contributed by atoms with van der Waals surface area (Å²) in [6, 6.07) is 7.67. The molecule has 0 radical (unpaired) electrons. The maximum Gasteiger partial charge on any atom is 0.206 e. The summed E-state index contributed by atoms with van der Waals surface area (Å²) in [6.07, 6.45) is 5.29. The van der Waals surface area contributed by atoms with Crippen LogP contribution in [0.1, 0.15) is 12.6 Å². The second-order valence-electron chi connectivity index (χ2n) is 4.04. The van der Waals surface area contributed by atoms with Gasteiger partial charge < -0.3 is 9.40 Å². The van der Waals surface area contributed by atoms with E-state index in [2.05, 4.69) is 15.1 Å². The van der Waals surface area contributed by atoms with Gasteiger partial charge in [-0.1, -0.05) is 0 Å². The minimum Gasteiger partial charge on any atom is -0.463 e. The number of furan rings is 1. The van der Waals surface area contributed by atoms with Crippen LogP contribution in [0.3, 0.4) is 0 Å². The molecule has 0 atom stereocenters. The van der Waals surface area contributed by atoms with E-state index < -0.39 is 0 Å². The standard InChI is InChI=1S/C14H14N4OS/c1-2-15-14-18(17-9-11-5-3-7-16-11)12(10-20-14)13-6-4-8-19-13/h3-10,16H,2H2,1H3. The molecule has 0 aliphatic carbocycles. The van der Waals surface area contributed by atoms with Crippen LogP contribution < -0.4 is 4.80 Å². The largest absolute Gasteiger partial charge is 0.463 e. The highest BCUT2D eigenvalue weighted by Crippen LogP contribution is 2.20. The molecule has 3 aromatic heterocycles. The van der Waals surface area contributed by atoms with Crippen LogP contribution in [-0.4, -0.2) is 22.4 Å². The molecule has 0 bridgehead atoms. The summed E-state index contributed by atoms with van der Waals surface area (Å²) in [4.78, 5) is 8.39. The second-order valence-corrected chi connectivity index (χ2v) is 4.87. The van der Waals surface area contributed by atoms with Crippen molar-refractivity contribution in [3.63, 3.8) is 0 Å². The zero-order chi connectivity index (χ0) is 13.8. The molecule has 3 heterocycles. The van der Waals surface area contributed by atoms with Gasteiger partial charge in [0, 0.05) is 18.1 Å². The second kappa shape index (κ2) is 5.75. The van der Waals surface area contributed by atoms with Crippen molar-refractivity contribution in [3.8, 4) is 11.5 Å². The molecule has 6 heteroatoms. The molecular weight excluding hydrogens is 272 g/mol. The van der Waals surface area contributed by atoms with Gasteiger partial charge in [-0.2, -0.15) is 5.10 Å². The van der Waals surface area contributed by atoms with Crippen molar-refractivity contribution in [2.24, 2.45) is 10.1 Å². The molecule has 102 valence electrons. The maximum atomic E-state index is 5.45. The highest BCUT2D eigenvalue weighted by atomic mass is 32.1. The molecule has 0 aliphatic rings. The van der Waals surface area contributed by atoms with E-state index in [9.17, 15) is 0 Å². The monoisotopic (exact) mass is 286 g/mol. The number of H-pyrrole nitrogens is 1. The van der Waals surface area contributed by atoms with Crippen LogP contribution >= 0.6 is 11.3 Å². The van der Waals surface area contributed by atoms with E-state index in [0.717, 1.165) is 28.5 Å². The molecule has 0 saturated heterocycles. The summed E-state index contributed by atoms with van der Waals surface area (Å²) in [5.41, 5.74) is 1.84. The lowest BCUT2D eigenvalue weighted by Crippen LogP contribution is -2.12. The first-order chi connectivity index (χ1) is 9.88. The first-order valence-corrected chi connectivity index (χ1v) is 7.19. The number of hydrogen-bond acceptors (Lipinski definition) is 4. The average molecular weight is 286 g/mol. The van der Waals surface area contributed by atoms with Gasteiger partial charge in [-0.15, -0.1) is 11.3 Å². The van der Waals surface area contributed by atoms with Gasteiger partial charge >= 0.3 is 0 Å². The van der Waals surface area contributed by atoms with Gasteiger partial charge in [0.1, 0.15) is 5.69 Å². The van der Waals surface area contributed by atoms with Crippen molar-refractivity contribution in [2.75, 3.05) is 6.54 Å². The van der Waals surface area contributed by atoms with Crippen molar-refractivity contribution in [1.82, 2.24) is 9.66 Å². The molecular formula is C14H14N4OS. The van der Waals surface area contributed by atoms with Crippen LogP contribution in [0.25, 0.3) is 11.5 Å². The van der Waals surface area contributed by atoms with Crippen LogP contribution in [0.15, 0.2) is 56.6 Å². The van der Waals surface area contributed by atoms with E-state index in [1.165, 1.54) is 0 Å². The molecule has 1 N–H and O–H groups in total. The van der Waals surface area contributed by atoms with Crippen LogP contribution in [0.4, 0.5) is 0 Å². The number of aromatic nitrogens is 2. The van der Waals surface area contributed by atoms with Gasteiger partial charge in [0.2, 0.25) is 4.80 Å². The Kier molecular flexibility index (Phi) is 3.64. The molecule has 0 unspecified atom stereocenters. The zero-order valence-corrected chi connectivity index (χ0v) is 11.8. The van der Waals surface area contributed by atoms with E-state index in [4.69, 9.17) is 4.42 Å². The molecule has 0 fully saturated rings. The summed E-state index contributed by atoms with van der Waals surface area (Å²) in [5.74, 6) is 0.780. The Balaban J connectivity index is 2.07. The van der Waals surface area contributed by atoms with Crippen LogP contribution in [0.5, 0.6) is 0 Å². The molecule has 0 aromatic carbocycles. The summed E-state index contributed by atoms with van der Waals surface area (Å²) in [6.45, 7) is 2.72. The predicted molar refractivity (Wildman–Crippen MR) is 79.9 cm³/mol. The predicted octanol–water partition coefficient (Wildman–Crippen LogP) is 2.94. The highest BCUT2D eigenvalue weighted by molar-refractivity contribution is 7.07. The van der Waals surface area contributed by atoms with Gasteiger partial charge in [-0.25, -0.2) is 4.68 Å². The Hall–Kier alpha value is -2.34. The van der Waals surface area contributed by atoms with Crippen LogP contribution in [-0.2, 0) is 0 Å². The van der Waals surface area contributed by atoms with Crippen LogP contribution in [0, 0.1) is 0 Å². The Morgan fingerprint density at radius 1 is 1.40 bits per heavy atom. The van der Waals surface area contributed by atoms with Gasteiger partial charge in [0.15, 0.2) is 5.76 Å². The number of hydrogen-bond donors (Lipinski definition) is 1. The van der Waals surface area contributed by atoms with Crippen molar-refractivity contribution in [2.45, 2.75) is 6.92 Å². The summed E-state index contributed by atoms with van der Waals surface area (Å²) < 4.78 is 7.25. The molecule has 20 heavy (non-hydrogen) atoms.